The Morgan fingerprint density at radius 1 is 1.28 bits per heavy atom. The van der Waals surface area contributed by atoms with E-state index in [0.717, 1.165) is 12.1 Å². The molecule has 0 atom stereocenters. The molecule has 0 saturated carbocycles. The van der Waals surface area contributed by atoms with Crippen molar-refractivity contribution in [2.75, 3.05) is 11.4 Å². The number of hydrogen-bond donors (Lipinski definition) is 1. The van der Waals surface area contributed by atoms with Gasteiger partial charge in [0.15, 0.2) is 0 Å². The number of benzene rings is 1. The van der Waals surface area contributed by atoms with Crippen molar-refractivity contribution < 1.29 is 13.9 Å². The minimum absolute atomic E-state index is 0.0837. The zero-order valence-electron chi connectivity index (χ0n) is 11.0. The van der Waals surface area contributed by atoms with Crippen LogP contribution in [0, 0.1) is 11.6 Å². The summed E-state index contributed by atoms with van der Waals surface area (Å²) < 4.78 is 27.9. The number of aliphatic hydroxyl groups is 1. The fourth-order valence-corrected chi connectivity index (χ4v) is 1.80. The zero-order chi connectivity index (χ0) is 13.9. The summed E-state index contributed by atoms with van der Waals surface area (Å²) >= 11 is 0. The molecule has 1 aromatic rings. The summed E-state index contributed by atoms with van der Waals surface area (Å²) in [6.07, 6.45) is 1.60. The van der Waals surface area contributed by atoms with Crippen molar-refractivity contribution in [1.82, 2.24) is 0 Å². The van der Waals surface area contributed by atoms with Crippen molar-refractivity contribution in [3.05, 3.63) is 42.0 Å². The SMILES string of the molecule is C=CCN(c1c(F)cc(CO)cc1F)C(C)(C)C. The molecule has 0 bridgehead atoms. The van der Waals surface area contributed by atoms with Gasteiger partial charge < -0.3 is 10.0 Å². The molecule has 0 aromatic heterocycles. The topological polar surface area (TPSA) is 23.5 Å². The summed E-state index contributed by atoms with van der Waals surface area (Å²) in [5, 5.41) is 8.92. The third kappa shape index (κ3) is 3.07. The van der Waals surface area contributed by atoms with Gasteiger partial charge in [-0.2, -0.15) is 0 Å². The molecule has 18 heavy (non-hydrogen) atoms. The molecular weight excluding hydrogens is 236 g/mol. The van der Waals surface area contributed by atoms with Crippen molar-refractivity contribution in [3.8, 4) is 0 Å². The van der Waals surface area contributed by atoms with E-state index in [9.17, 15) is 8.78 Å². The maximum atomic E-state index is 14.0. The fourth-order valence-electron chi connectivity index (χ4n) is 1.80. The van der Waals surface area contributed by atoms with Crippen molar-refractivity contribution in [2.24, 2.45) is 0 Å². The molecule has 0 spiro atoms. The van der Waals surface area contributed by atoms with Crippen LogP contribution in [0.4, 0.5) is 14.5 Å². The summed E-state index contributed by atoms with van der Waals surface area (Å²) in [6, 6.07) is 2.31. The van der Waals surface area contributed by atoms with E-state index in [-0.39, 0.29) is 17.9 Å². The van der Waals surface area contributed by atoms with Gasteiger partial charge in [0.2, 0.25) is 0 Å². The second-order valence-corrected chi connectivity index (χ2v) is 5.14. The lowest BCUT2D eigenvalue weighted by Crippen LogP contribution is -2.42. The summed E-state index contributed by atoms with van der Waals surface area (Å²) in [5.74, 6) is -1.34. The molecule has 2 nitrogen and oxygen atoms in total. The van der Waals surface area contributed by atoms with Crippen LogP contribution in [0.2, 0.25) is 0 Å². The normalized spacial score (nSPS) is 11.4. The minimum atomic E-state index is -0.671. The Morgan fingerprint density at radius 3 is 2.11 bits per heavy atom. The van der Waals surface area contributed by atoms with Crippen molar-refractivity contribution in [1.29, 1.82) is 0 Å². The molecule has 0 aliphatic carbocycles. The number of hydrogen-bond acceptors (Lipinski definition) is 2. The van der Waals surface area contributed by atoms with Gasteiger partial charge >= 0.3 is 0 Å². The largest absolute Gasteiger partial charge is 0.392 e. The molecule has 0 radical (unpaired) electrons. The zero-order valence-corrected chi connectivity index (χ0v) is 11.0. The highest BCUT2D eigenvalue weighted by Crippen LogP contribution is 2.30. The van der Waals surface area contributed by atoms with Gasteiger partial charge in [0.1, 0.15) is 17.3 Å². The summed E-state index contributed by atoms with van der Waals surface area (Å²) in [6.45, 7) is 9.18. The molecule has 1 rings (SSSR count). The van der Waals surface area contributed by atoms with Crippen molar-refractivity contribution in [2.45, 2.75) is 32.9 Å². The van der Waals surface area contributed by atoms with Gasteiger partial charge in [-0.15, -0.1) is 6.58 Å². The highest BCUT2D eigenvalue weighted by molar-refractivity contribution is 5.53. The summed E-state index contributed by atoms with van der Waals surface area (Å²) in [7, 11) is 0. The highest BCUT2D eigenvalue weighted by atomic mass is 19.1. The fraction of sp³-hybridized carbons (Fsp3) is 0.429. The molecule has 0 aliphatic rings. The van der Waals surface area contributed by atoms with Gasteiger partial charge in [-0.1, -0.05) is 6.08 Å². The first-order valence-corrected chi connectivity index (χ1v) is 5.78. The third-order valence-corrected chi connectivity index (χ3v) is 2.65. The Morgan fingerprint density at radius 2 is 1.78 bits per heavy atom. The molecule has 0 heterocycles. The van der Waals surface area contributed by atoms with E-state index in [0.29, 0.717) is 6.54 Å². The van der Waals surface area contributed by atoms with E-state index in [4.69, 9.17) is 5.11 Å². The lowest BCUT2D eigenvalue weighted by molar-refractivity contribution is 0.280. The van der Waals surface area contributed by atoms with Crippen LogP contribution in [0.25, 0.3) is 0 Å². The molecule has 100 valence electrons. The first-order valence-electron chi connectivity index (χ1n) is 5.78. The molecule has 1 N–H and O–H groups in total. The second-order valence-electron chi connectivity index (χ2n) is 5.14. The van der Waals surface area contributed by atoms with Gasteiger partial charge in [-0.3, -0.25) is 0 Å². The van der Waals surface area contributed by atoms with E-state index in [1.54, 1.807) is 11.0 Å². The average molecular weight is 255 g/mol. The smallest absolute Gasteiger partial charge is 0.149 e. The standard InChI is InChI=1S/C14H19F2NO/c1-5-6-17(14(2,3)4)13-11(15)7-10(9-18)8-12(13)16/h5,7-8,18H,1,6,9H2,2-4H3. The van der Waals surface area contributed by atoms with Gasteiger partial charge in [0, 0.05) is 12.1 Å². The molecule has 0 saturated heterocycles. The van der Waals surface area contributed by atoms with E-state index in [2.05, 4.69) is 6.58 Å². The first kappa shape index (κ1) is 14.6. The van der Waals surface area contributed by atoms with E-state index < -0.39 is 17.2 Å². The maximum absolute atomic E-state index is 14.0. The highest BCUT2D eigenvalue weighted by Gasteiger charge is 2.26. The van der Waals surface area contributed by atoms with Gasteiger partial charge in [-0.05, 0) is 38.5 Å². The van der Waals surface area contributed by atoms with Gasteiger partial charge in [-0.25, -0.2) is 8.78 Å². The number of rotatable bonds is 4. The maximum Gasteiger partial charge on any atom is 0.149 e. The average Bonchev–Trinajstić information content (AvgIpc) is 2.25. The van der Waals surface area contributed by atoms with Crippen LogP contribution in [0.5, 0.6) is 0 Å². The third-order valence-electron chi connectivity index (χ3n) is 2.65. The lowest BCUT2D eigenvalue weighted by atomic mass is 10.0. The number of anilines is 1. The van der Waals surface area contributed by atoms with Crippen LogP contribution in [0.15, 0.2) is 24.8 Å². The van der Waals surface area contributed by atoms with Crippen LogP contribution in [0.1, 0.15) is 26.3 Å². The Kier molecular flexibility index (Phi) is 4.46. The lowest BCUT2D eigenvalue weighted by Gasteiger charge is -2.37. The molecule has 4 heteroatoms. The van der Waals surface area contributed by atoms with Crippen molar-refractivity contribution in [3.63, 3.8) is 0 Å². The Bertz CT molecular complexity index is 415. The number of halogens is 2. The second kappa shape index (κ2) is 5.48. The molecule has 0 aliphatic heterocycles. The summed E-state index contributed by atoms with van der Waals surface area (Å²) in [5.41, 5.74) is -0.294. The Balaban J connectivity index is 3.33. The minimum Gasteiger partial charge on any atom is -0.392 e. The molecular formula is C14H19F2NO. The van der Waals surface area contributed by atoms with Crippen LogP contribution in [-0.2, 0) is 6.61 Å². The predicted molar refractivity (Wildman–Crippen MR) is 69.6 cm³/mol. The molecule has 0 amide bonds. The van der Waals surface area contributed by atoms with Crippen LogP contribution in [-0.4, -0.2) is 17.2 Å². The quantitative estimate of drug-likeness (QED) is 0.835. The van der Waals surface area contributed by atoms with E-state index >= 15 is 0 Å². The van der Waals surface area contributed by atoms with Crippen molar-refractivity contribution >= 4 is 5.69 Å². The van der Waals surface area contributed by atoms with Crippen LogP contribution >= 0.6 is 0 Å². The van der Waals surface area contributed by atoms with Gasteiger partial charge in [0.25, 0.3) is 0 Å². The molecule has 0 unspecified atom stereocenters. The molecule has 0 fully saturated rings. The predicted octanol–water partition coefficient (Wildman–Crippen LogP) is 3.25. The van der Waals surface area contributed by atoms with Gasteiger partial charge in [0.05, 0.1) is 6.61 Å². The Hall–Kier alpha value is -1.42. The number of nitrogens with zero attached hydrogens (tertiary/aromatic N) is 1. The monoisotopic (exact) mass is 255 g/mol. The Labute approximate surface area is 107 Å². The summed E-state index contributed by atoms with van der Waals surface area (Å²) in [4.78, 5) is 1.60. The van der Waals surface area contributed by atoms with E-state index in [1.165, 1.54) is 0 Å². The van der Waals surface area contributed by atoms with Crippen LogP contribution < -0.4 is 4.90 Å². The molecule has 1 aromatic carbocycles. The first-order chi connectivity index (χ1) is 8.31. The number of aliphatic hydroxyl groups excluding tert-OH is 1. The van der Waals surface area contributed by atoms with E-state index in [1.807, 2.05) is 20.8 Å². The van der Waals surface area contributed by atoms with Crippen LogP contribution in [0.3, 0.4) is 0 Å².